The number of cyclic esters (lactones) is 1. The molecule has 0 saturated carbocycles. The smallest absolute Gasteiger partial charge is 0.410 e. The molecule has 1 aromatic rings. The molecule has 1 aliphatic heterocycles. The lowest BCUT2D eigenvalue weighted by Gasteiger charge is -2.19. The summed E-state index contributed by atoms with van der Waals surface area (Å²) in [4.78, 5) is 25.0. The van der Waals surface area contributed by atoms with Crippen LogP contribution in [0.15, 0.2) is 29.8 Å². The number of halogens is 1. The summed E-state index contributed by atoms with van der Waals surface area (Å²) in [6.45, 7) is 4.87. The summed E-state index contributed by atoms with van der Waals surface area (Å²) in [5.74, 6) is -0.533. The van der Waals surface area contributed by atoms with Crippen molar-refractivity contribution in [2.24, 2.45) is 0 Å². The highest BCUT2D eigenvalue weighted by Gasteiger charge is 2.24. The van der Waals surface area contributed by atoms with Gasteiger partial charge in [-0.3, -0.25) is 4.79 Å². The van der Waals surface area contributed by atoms with Gasteiger partial charge < -0.3 is 15.0 Å². The quantitative estimate of drug-likeness (QED) is 0.848. The lowest BCUT2D eigenvalue weighted by molar-refractivity contribution is -0.118. The van der Waals surface area contributed by atoms with Gasteiger partial charge in [0.15, 0.2) is 0 Å². The minimum Gasteiger partial charge on any atom is -0.448 e. The predicted molar refractivity (Wildman–Crippen MR) is 80.6 cm³/mol. The third-order valence-corrected chi connectivity index (χ3v) is 3.33. The van der Waals surface area contributed by atoms with Crippen molar-refractivity contribution in [3.8, 4) is 0 Å². The molecule has 6 heteroatoms. The Kier molecular flexibility index (Phi) is 5.14. The van der Waals surface area contributed by atoms with Crippen LogP contribution < -0.4 is 5.32 Å². The molecule has 1 heterocycles. The number of rotatable bonds is 5. The zero-order chi connectivity index (χ0) is 16.1. The van der Waals surface area contributed by atoms with Crippen LogP contribution in [0, 0.1) is 5.82 Å². The first-order valence-corrected chi connectivity index (χ1v) is 7.12. The van der Waals surface area contributed by atoms with E-state index in [1.807, 2.05) is 6.92 Å². The van der Waals surface area contributed by atoms with Gasteiger partial charge in [-0.15, -0.1) is 0 Å². The summed E-state index contributed by atoms with van der Waals surface area (Å²) in [5.41, 5.74) is 1.27. The molecule has 1 saturated heterocycles. The van der Waals surface area contributed by atoms with E-state index in [0.29, 0.717) is 25.3 Å². The van der Waals surface area contributed by atoms with E-state index in [0.717, 1.165) is 5.56 Å². The van der Waals surface area contributed by atoms with Crippen molar-refractivity contribution in [1.29, 1.82) is 0 Å². The maximum absolute atomic E-state index is 12.8. The van der Waals surface area contributed by atoms with Crippen LogP contribution in [0.4, 0.5) is 9.18 Å². The molecular weight excluding hydrogens is 287 g/mol. The van der Waals surface area contributed by atoms with E-state index >= 15 is 0 Å². The lowest BCUT2D eigenvalue weighted by Crippen LogP contribution is -2.42. The zero-order valence-electron chi connectivity index (χ0n) is 12.6. The molecule has 0 aromatic heterocycles. The van der Waals surface area contributed by atoms with Crippen LogP contribution in [-0.2, 0) is 9.53 Å². The lowest BCUT2D eigenvalue weighted by atomic mass is 10.1. The first-order chi connectivity index (χ1) is 10.5. The Morgan fingerprint density at radius 1 is 1.45 bits per heavy atom. The van der Waals surface area contributed by atoms with E-state index in [1.54, 1.807) is 30.0 Å². The maximum Gasteiger partial charge on any atom is 0.410 e. The fraction of sp³-hybridized carbons (Fsp3) is 0.375. The highest BCUT2D eigenvalue weighted by atomic mass is 19.1. The van der Waals surface area contributed by atoms with Crippen molar-refractivity contribution in [3.05, 3.63) is 41.2 Å². The molecule has 0 bridgehead atoms. The van der Waals surface area contributed by atoms with Gasteiger partial charge in [-0.2, -0.15) is 0 Å². The first kappa shape index (κ1) is 16.0. The standard InChI is InChI=1S/C16H19FN2O3/c1-11(9-13-3-5-14(17)6-4-13)15(20)18-12(2)10-19-7-8-22-16(19)21/h3-6,9,12H,7-8,10H2,1-2H3,(H,18,20). The fourth-order valence-corrected chi connectivity index (χ4v) is 2.18. The molecule has 2 rings (SSSR count). The van der Waals surface area contributed by atoms with E-state index in [1.165, 1.54) is 12.1 Å². The van der Waals surface area contributed by atoms with E-state index in [2.05, 4.69) is 5.32 Å². The normalized spacial score (nSPS) is 16.4. The van der Waals surface area contributed by atoms with Crippen LogP contribution >= 0.6 is 0 Å². The minimum absolute atomic E-state index is 0.185. The molecular formula is C16H19FN2O3. The van der Waals surface area contributed by atoms with Gasteiger partial charge in [0.05, 0.1) is 6.54 Å². The molecule has 0 radical (unpaired) electrons. The summed E-state index contributed by atoms with van der Waals surface area (Å²) >= 11 is 0. The van der Waals surface area contributed by atoms with Gasteiger partial charge in [-0.1, -0.05) is 12.1 Å². The first-order valence-electron chi connectivity index (χ1n) is 7.12. The van der Waals surface area contributed by atoms with Crippen molar-refractivity contribution >= 4 is 18.1 Å². The van der Waals surface area contributed by atoms with Gasteiger partial charge in [0, 0.05) is 18.2 Å². The number of benzene rings is 1. The SMILES string of the molecule is CC(=Cc1ccc(F)cc1)C(=O)NC(C)CN1CCOC1=O. The molecule has 1 unspecified atom stereocenters. The molecule has 1 fully saturated rings. The average molecular weight is 306 g/mol. The number of carbonyl (C=O) groups is 2. The molecule has 0 spiro atoms. The third-order valence-electron chi connectivity index (χ3n) is 3.33. The van der Waals surface area contributed by atoms with Crippen molar-refractivity contribution in [3.63, 3.8) is 0 Å². The largest absolute Gasteiger partial charge is 0.448 e. The van der Waals surface area contributed by atoms with Gasteiger partial charge in [-0.25, -0.2) is 9.18 Å². The number of carbonyl (C=O) groups excluding carboxylic acids is 2. The number of ether oxygens (including phenoxy) is 1. The Bertz CT molecular complexity index is 584. The number of amides is 2. The van der Waals surface area contributed by atoms with E-state index in [9.17, 15) is 14.0 Å². The maximum atomic E-state index is 12.8. The number of nitrogens with zero attached hydrogens (tertiary/aromatic N) is 1. The molecule has 22 heavy (non-hydrogen) atoms. The van der Waals surface area contributed by atoms with Gasteiger partial charge in [-0.05, 0) is 37.6 Å². The Hall–Kier alpha value is -2.37. The van der Waals surface area contributed by atoms with Crippen LogP contribution in [0.3, 0.4) is 0 Å². The number of hydrogen-bond donors (Lipinski definition) is 1. The van der Waals surface area contributed by atoms with Gasteiger partial charge in [0.1, 0.15) is 12.4 Å². The van der Waals surface area contributed by atoms with Crippen molar-refractivity contribution in [1.82, 2.24) is 10.2 Å². The van der Waals surface area contributed by atoms with Gasteiger partial charge >= 0.3 is 6.09 Å². The summed E-state index contributed by atoms with van der Waals surface area (Å²) < 4.78 is 17.7. The number of hydrogen-bond acceptors (Lipinski definition) is 3. The minimum atomic E-state index is -0.348. The van der Waals surface area contributed by atoms with E-state index < -0.39 is 0 Å². The highest BCUT2D eigenvalue weighted by Crippen LogP contribution is 2.09. The van der Waals surface area contributed by atoms with Crippen LogP contribution in [-0.4, -0.2) is 42.6 Å². The molecule has 1 aromatic carbocycles. The monoisotopic (exact) mass is 306 g/mol. The molecule has 0 aliphatic carbocycles. The van der Waals surface area contributed by atoms with Crippen molar-refractivity contribution < 1.29 is 18.7 Å². The van der Waals surface area contributed by atoms with Gasteiger partial charge in [0.25, 0.3) is 0 Å². The van der Waals surface area contributed by atoms with Crippen molar-refractivity contribution in [2.75, 3.05) is 19.7 Å². The topological polar surface area (TPSA) is 58.6 Å². The molecule has 5 nitrogen and oxygen atoms in total. The van der Waals surface area contributed by atoms with Crippen LogP contribution in [0.2, 0.25) is 0 Å². The zero-order valence-corrected chi connectivity index (χ0v) is 12.6. The van der Waals surface area contributed by atoms with Crippen LogP contribution in [0.25, 0.3) is 6.08 Å². The Morgan fingerprint density at radius 2 is 2.14 bits per heavy atom. The van der Waals surface area contributed by atoms with E-state index in [4.69, 9.17) is 4.74 Å². The Morgan fingerprint density at radius 3 is 2.73 bits per heavy atom. The second-order valence-electron chi connectivity index (χ2n) is 5.31. The Labute approximate surface area is 128 Å². The molecule has 1 aliphatic rings. The summed E-state index contributed by atoms with van der Waals surface area (Å²) in [5, 5.41) is 2.83. The third kappa shape index (κ3) is 4.31. The van der Waals surface area contributed by atoms with Crippen molar-refractivity contribution in [2.45, 2.75) is 19.9 Å². The van der Waals surface area contributed by atoms with Crippen LogP contribution in [0.1, 0.15) is 19.4 Å². The highest BCUT2D eigenvalue weighted by molar-refractivity contribution is 5.97. The second-order valence-corrected chi connectivity index (χ2v) is 5.31. The molecule has 1 atom stereocenters. The second kappa shape index (κ2) is 7.06. The number of nitrogens with one attached hydrogen (secondary N) is 1. The summed E-state index contributed by atoms with van der Waals surface area (Å²) in [7, 11) is 0. The molecule has 1 N–H and O–H groups in total. The molecule has 2 amide bonds. The van der Waals surface area contributed by atoms with E-state index in [-0.39, 0.29) is 23.9 Å². The fourth-order valence-electron chi connectivity index (χ4n) is 2.18. The Balaban J connectivity index is 1.90. The van der Waals surface area contributed by atoms with Gasteiger partial charge in [0.2, 0.25) is 5.91 Å². The predicted octanol–water partition coefficient (Wildman–Crippen LogP) is 2.19. The average Bonchev–Trinajstić information content (AvgIpc) is 2.86. The summed E-state index contributed by atoms with van der Waals surface area (Å²) in [6.07, 6.45) is 1.34. The molecule has 118 valence electrons. The van der Waals surface area contributed by atoms with Crippen LogP contribution in [0.5, 0.6) is 0 Å². The summed E-state index contributed by atoms with van der Waals surface area (Å²) in [6, 6.07) is 5.72.